The Kier molecular flexibility index (Phi) is 6.07. The summed E-state index contributed by atoms with van der Waals surface area (Å²) in [6, 6.07) is 7.55. The third kappa shape index (κ3) is 5.00. The average molecular weight is 448 g/mol. The number of carbonyl (C=O) groups excluding carboxylic acids is 1. The normalized spacial score (nSPS) is 17.4. The van der Waals surface area contributed by atoms with Crippen LogP contribution in [0.4, 0.5) is 10.5 Å². The second kappa shape index (κ2) is 8.75. The van der Waals surface area contributed by atoms with Gasteiger partial charge in [0.15, 0.2) is 4.96 Å². The minimum absolute atomic E-state index is 0.0331. The van der Waals surface area contributed by atoms with Crippen molar-refractivity contribution in [3.8, 4) is 11.3 Å². The van der Waals surface area contributed by atoms with Crippen LogP contribution in [0.15, 0.2) is 42.0 Å². The predicted molar refractivity (Wildman–Crippen MR) is 119 cm³/mol. The molecule has 1 fully saturated rings. The first-order chi connectivity index (χ1) is 14.4. The van der Waals surface area contributed by atoms with E-state index >= 15 is 0 Å². The number of hydrogen-bond donors (Lipinski definition) is 2. The van der Waals surface area contributed by atoms with Crippen molar-refractivity contribution in [2.24, 2.45) is 0 Å². The molecular formula is C20H25N5O3S2. The molecule has 0 radical (unpaired) electrons. The van der Waals surface area contributed by atoms with Crippen LogP contribution in [0.1, 0.15) is 25.7 Å². The van der Waals surface area contributed by atoms with Crippen LogP contribution < -0.4 is 10.0 Å². The van der Waals surface area contributed by atoms with Gasteiger partial charge in [-0.3, -0.25) is 4.40 Å². The zero-order valence-corrected chi connectivity index (χ0v) is 18.4. The summed E-state index contributed by atoms with van der Waals surface area (Å²) in [7, 11) is -3.22. The summed E-state index contributed by atoms with van der Waals surface area (Å²) in [5.74, 6) is 0. The van der Waals surface area contributed by atoms with Crippen molar-refractivity contribution in [3.63, 3.8) is 0 Å². The van der Waals surface area contributed by atoms with Crippen LogP contribution in [-0.2, 0) is 10.0 Å². The molecule has 0 spiro atoms. The summed E-state index contributed by atoms with van der Waals surface area (Å²) in [6.45, 7) is 1.02. The first kappa shape index (κ1) is 20.8. The minimum atomic E-state index is -3.22. The third-order valence-corrected chi connectivity index (χ3v) is 6.75. The van der Waals surface area contributed by atoms with Crippen molar-refractivity contribution in [2.45, 2.75) is 31.7 Å². The molecule has 1 saturated heterocycles. The zero-order chi connectivity index (χ0) is 21.1. The molecule has 3 aromatic rings. The van der Waals surface area contributed by atoms with Crippen molar-refractivity contribution < 1.29 is 13.2 Å². The van der Waals surface area contributed by atoms with E-state index in [1.54, 1.807) is 11.3 Å². The van der Waals surface area contributed by atoms with Gasteiger partial charge >= 0.3 is 6.03 Å². The number of rotatable bonds is 6. The molecule has 8 nitrogen and oxygen atoms in total. The van der Waals surface area contributed by atoms with Gasteiger partial charge in [0.1, 0.15) is 0 Å². The van der Waals surface area contributed by atoms with E-state index in [0.717, 1.165) is 47.4 Å². The molecule has 4 rings (SSSR count). The highest BCUT2D eigenvalue weighted by Gasteiger charge is 2.26. The molecule has 30 heavy (non-hydrogen) atoms. The lowest BCUT2D eigenvalue weighted by Crippen LogP contribution is -2.47. The molecule has 160 valence electrons. The van der Waals surface area contributed by atoms with Crippen molar-refractivity contribution in [2.75, 3.05) is 24.7 Å². The molecule has 1 aliphatic rings. The minimum Gasteiger partial charge on any atom is -0.322 e. The Bertz CT molecular complexity index is 1090. The van der Waals surface area contributed by atoms with Crippen molar-refractivity contribution in [1.82, 2.24) is 19.0 Å². The molecule has 1 atom stereocenters. The highest BCUT2D eigenvalue weighted by atomic mass is 32.2. The van der Waals surface area contributed by atoms with Gasteiger partial charge in [-0.15, -0.1) is 11.3 Å². The van der Waals surface area contributed by atoms with E-state index in [-0.39, 0.29) is 12.1 Å². The second-order valence-corrected chi connectivity index (χ2v) is 10.2. The Morgan fingerprint density at radius 3 is 2.80 bits per heavy atom. The number of benzene rings is 1. The van der Waals surface area contributed by atoms with Gasteiger partial charge in [0.2, 0.25) is 10.0 Å². The van der Waals surface area contributed by atoms with E-state index in [0.29, 0.717) is 19.5 Å². The predicted octanol–water partition coefficient (Wildman–Crippen LogP) is 3.39. The van der Waals surface area contributed by atoms with Gasteiger partial charge in [0, 0.05) is 48.2 Å². The first-order valence-electron chi connectivity index (χ1n) is 9.94. The number of piperidine rings is 1. The molecule has 2 aromatic heterocycles. The Morgan fingerprint density at radius 2 is 2.07 bits per heavy atom. The summed E-state index contributed by atoms with van der Waals surface area (Å²) in [4.78, 5) is 20.2. The number of nitrogens with one attached hydrogen (secondary N) is 2. The number of nitrogens with zero attached hydrogens (tertiary/aromatic N) is 3. The van der Waals surface area contributed by atoms with Crippen LogP contribution in [0.5, 0.6) is 0 Å². The largest absolute Gasteiger partial charge is 0.322 e. The number of aromatic nitrogens is 2. The van der Waals surface area contributed by atoms with Crippen LogP contribution in [0.3, 0.4) is 0 Å². The van der Waals surface area contributed by atoms with Crippen molar-refractivity contribution >= 4 is 38.0 Å². The molecule has 0 bridgehead atoms. The molecule has 2 N–H and O–H groups in total. The van der Waals surface area contributed by atoms with Crippen LogP contribution >= 0.6 is 11.3 Å². The maximum absolute atomic E-state index is 12.8. The maximum atomic E-state index is 12.8. The topological polar surface area (TPSA) is 95.8 Å². The van der Waals surface area contributed by atoms with Crippen molar-refractivity contribution in [1.29, 1.82) is 0 Å². The maximum Gasteiger partial charge on any atom is 0.322 e. The highest BCUT2D eigenvalue weighted by Crippen LogP contribution is 2.24. The van der Waals surface area contributed by atoms with Gasteiger partial charge in [-0.2, -0.15) is 0 Å². The van der Waals surface area contributed by atoms with Crippen LogP contribution in [-0.4, -0.2) is 54.1 Å². The fourth-order valence-corrected chi connectivity index (χ4v) is 4.95. The number of hydrogen-bond acceptors (Lipinski definition) is 5. The lowest BCUT2D eigenvalue weighted by Gasteiger charge is -2.35. The van der Waals surface area contributed by atoms with Crippen LogP contribution in [0.25, 0.3) is 16.2 Å². The summed E-state index contributed by atoms with van der Waals surface area (Å²) < 4.78 is 27.1. The standard InChI is InChI=1S/C20H25N5O3S2/c1-30(27,28)21-10-9-17-4-2-3-11-25(17)19(26)22-16-7-5-15(6-8-16)18-14-24-12-13-29-20(24)23-18/h5-8,12-14,17,21H,2-4,9-11H2,1H3,(H,22,26). The van der Waals surface area contributed by atoms with E-state index in [2.05, 4.69) is 15.0 Å². The van der Waals surface area contributed by atoms with E-state index in [1.807, 2.05) is 51.3 Å². The fourth-order valence-electron chi connectivity index (χ4n) is 3.77. The fraction of sp³-hybridized carbons (Fsp3) is 0.400. The smallest absolute Gasteiger partial charge is 0.322 e. The molecule has 0 aliphatic carbocycles. The van der Waals surface area contributed by atoms with Crippen LogP contribution in [0.2, 0.25) is 0 Å². The summed E-state index contributed by atoms with van der Waals surface area (Å²) in [5, 5.41) is 4.97. The van der Waals surface area contributed by atoms with E-state index in [1.165, 1.54) is 0 Å². The van der Waals surface area contributed by atoms with E-state index < -0.39 is 10.0 Å². The number of sulfonamides is 1. The quantitative estimate of drug-likeness (QED) is 0.605. The van der Waals surface area contributed by atoms with Gasteiger partial charge in [-0.1, -0.05) is 12.1 Å². The molecule has 2 amide bonds. The molecule has 1 unspecified atom stereocenters. The number of urea groups is 1. The SMILES string of the molecule is CS(=O)(=O)NCCC1CCCCN1C(=O)Nc1ccc(-c2cn3ccsc3n2)cc1. The lowest BCUT2D eigenvalue weighted by atomic mass is 10.00. The summed E-state index contributed by atoms with van der Waals surface area (Å²) >= 11 is 1.59. The molecule has 0 saturated carbocycles. The zero-order valence-electron chi connectivity index (χ0n) is 16.7. The van der Waals surface area contributed by atoms with E-state index in [9.17, 15) is 13.2 Å². The Hall–Kier alpha value is -2.43. The Balaban J connectivity index is 1.38. The van der Waals surface area contributed by atoms with Gasteiger partial charge in [0.05, 0.1) is 11.9 Å². The van der Waals surface area contributed by atoms with Crippen LogP contribution in [0, 0.1) is 0 Å². The number of amides is 2. The molecule has 1 aromatic carbocycles. The number of carbonyl (C=O) groups is 1. The van der Waals surface area contributed by atoms with Gasteiger partial charge in [0.25, 0.3) is 0 Å². The number of thiazole rings is 1. The Labute approximate surface area is 180 Å². The number of anilines is 1. The number of fused-ring (bicyclic) bond motifs is 1. The van der Waals surface area contributed by atoms with Gasteiger partial charge in [-0.25, -0.2) is 22.9 Å². The van der Waals surface area contributed by atoms with Crippen molar-refractivity contribution in [3.05, 3.63) is 42.0 Å². The Morgan fingerprint density at radius 1 is 1.27 bits per heavy atom. The third-order valence-electron chi connectivity index (χ3n) is 5.26. The summed E-state index contributed by atoms with van der Waals surface area (Å²) in [6.07, 6.45) is 8.61. The monoisotopic (exact) mass is 447 g/mol. The molecule has 3 heterocycles. The number of likely N-dealkylation sites (tertiary alicyclic amines) is 1. The first-order valence-corrected chi connectivity index (χ1v) is 12.7. The summed E-state index contributed by atoms with van der Waals surface area (Å²) in [5.41, 5.74) is 2.61. The van der Waals surface area contributed by atoms with Gasteiger partial charge in [-0.05, 0) is 37.8 Å². The number of imidazole rings is 1. The van der Waals surface area contributed by atoms with Gasteiger partial charge < -0.3 is 10.2 Å². The average Bonchev–Trinajstić information content (AvgIpc) is 3.30. The molecule has 1 aliphatic heterocycles. The highest BCUT2D eigenvalue weighted by molar-refractivity contribution is 7.88. The second-order valence-electron chi connectivity index (χ2n) is 7.52. The van der Waals surface area contributed by atoms with E-state index in [4.69, 9.17) is 0 Å². The molecule has 10 heteroatoms. The lowest BCUT2D eigenvalue weighted by molar-refractivity contribution is 0.159. The molecular weight excluding hydrogens is 422 g/mol.